The summed E-state index contributed by atoms with van der Waals surface area (Å²) in [5.74, 6) is 1.06. The van der Waals surface area contributed by atoms with Crippen molar-refractivity contribution < 1.29 is 19.1 Å². The molecule has 8 heteroatoms. The first kappa shape index (κ1) is 15.9. The van der Waals surface area contributed by atoms with Gasteiger partial charge in [0.05, 0.1) is 21.6 Å². The van der Waals surface area contributed by atoms with Crippen LogP contribution in [-0.2, 0) is 18.0 Å². The topological polar surface area (TPSA) is 70.8 Å². The van der Waals surface area contributed by atoms with E-state index in [-0.39, 0.29) is 25.7 Å². The first-order valence-electron chi connectivity index (χ1n) is 6.63. The largest absolute Gasteiger partial charge is 0.489 e. The number of hydrogen-bond donors (Lipinski definition) is 0. The second-order valence-electron chi connectivity index (χ2n) is 4.83. The summed E-state index contributed by atoms with van der Waals surface area (Å²) in [4.78, 5) is 10.6. The molecule has 0 amide bonds. The number of nitro benzene ring substituents is 1. The van der Waals surface area contributed by atoms with Crippen LogP contribution in [0.4, 0.5) is 5.69 Å². The molecule has 0 saturated heterocycles. The Morgan fingerprint density at radius 1 is 1.22 bits per heavy atom. The van der Waals surface area contributed by atoms with Crippen molar-refractivity contribution >= 4 is 28.9 Å². The highest BCUT2D eigenvalue weighted by molar-refractivity contribution is 6.42. The van der Waals surface area contributed by atoms with Gasteiger partial charge in [-0.2, -0.15) is 0 Å². The molecule has 6 nitrogen and oxygen atoms in total. The van der Waals surface area contributed by atoms with E-state index in [1.54, 1.807) is 18.2 Å². The molecule has 0 atom stereocenters. The van der Waals surface area contributed by atoms with Crippen LogP contribution in [0.2, 0.25) is 10.0 Å². The number of fused-ring (bicyclic) bond motifs is 1. The van der Waals surface area contributed by atoms with Gasteiger partial charge in [0.1, 0.15) is 18.1 Å². The fourth-order valence-electron chi connectivity index (χ4n) is 2.22. The predicted molar refractivity (Wildman–Crippen MR) is 84.2 cm³/mol. The number of halogens is 2. The Morgan fingerprint density at radius 3 is 2.78 bits per heavy atom. The Morgan fingerprint density at radius 2 is 2.04 bits per heavy atom. The van der Waals surface area contributed by atoms with Gasteiger partial charge in [-0.15, -0.1) is 0 Å². The Bertz CT molecular complexity index is 766. The maximum Gasteiger partial charge on any atom is 0.270 e. The van der Waals surface area contributed by atoms with Crippen LogP contribution in [0.3, 0.4) is 0 Å². The Kier molecular flexibility index (Phi) is 4.56. The molecular formula is C15H11Cl2NO5. The molecule has 120 valence electrons. The highest BCUT2D eigenvalue weighted by Crippen LogP contribution is 2.34. The van der Waals surface area contributed by atoms with E-state index in [0.717, 1.165) is 0 Å². The molecule has 0 N–H and O–H groups in total. The molecule has 3 rings (SSSR count). The normalized spacial score (nSPS) is 13.1. The van der Waals surface area contributed by atoms with Crippen LogP contribution in [0.1, 0.15) is 11.1 Å². The molecule has 0 fully saturated rings. The van der Waals surface area contributed by atoms with E-state index >= 15 is 0 Å². The lowest BCUT2D eigenvalue weighted by molar-refractivity contribution is -0.385. The van der Waals surface area contributed by atoms with Crippen molar-refractivity contribution in [2.45, 2.75) is 13.2 Å². The molecule has 0 aromatic heterocycles. The monoisotopic (exact) mass is 355 g/mol. The first-order chi connectivity index (χ1) is 11.0. The summed E-state index contributed by atoms with van der Waals surface area (Å²) in [6, 6.07) is 7.74. The van der Waals surface area contributed by atoms with Crippen LogP contribution in [0.15, 0.2) is 30.3 Å². The summed E-state index contributed by atoms with van der Waals surface area (Å²) < 4.78 is 16.3. The van der Waals surface area contributed by atoms with Crippen LogP contribution in [0.5, 0.6) is 11.5 Å². The molecule has 0 saturated carbocycles. The van der Waals surface area contributed by atoms with E-state index in [0.29, 0.717) is 32.7 Å². The number of benzene rings is 2. The molecule has 0 radical (unpaired) electrons. The predicted octanol–water partition coefficient (Wildman–Crippen LogP) is 4.35. The molecule has 0 unspecified atom stereocenters. The minimum Gasteiger partial charge on any atom is -0.489 e. The maximum absolute atomic E-state index is 11.0. The van der Waals surface area contributed by atoms with E-state index < -0.39 is 4.92 Å². The van der Waals surface area contributed by atoms with Crippen molar-refractivity contribution in [1.29, 1.82) is 0 Å². The van der Waals surface area contributed by atoms with E-state index in [1.165, 1.54) is 12.1 Å². The Labute approximate surface area is 141 Å². The van der Waals surface area contributed by atoms with Crippen molar-refractivity contribution in [1.82, 2.24) is 0 Å². The van der Waals surface area contributed by atoms with Crippen molar-refractivity contribution in [2.24, 2.45) is 0 Å². The van der Waals surface area contributed by atoms with E-state index in [2.05, 4.69) is 0 Å². The van der Waals surface area contributed by atoms with Crippen molar-refractivity contribution in [3.05, 3.63) is 61.6 Å². The van der Waals surface area contributed by atoms with Crippen LogP contribution in [0.25, 0.3) is 0 Å². The molecule has 2 aromatic carbocycles. The van der Waals surface area contributed by atoms with Gasteiger partial charge in [0.25, 0.3) is 5.69 Å². The van der Waals surface area contributed by atoms with Gasteiger partial charge in [0.15, 0.2) is 6.79 Å². The molecule has 1 heterocycles. The number of hydrogen-bond acceptors (Lipinski definition) is 5. The molecule has 23 heavy (non-hydrogen) atoms. The van der Waals surface area contributed by atoms with Gasteiger partial charge in [-0.3, -0.25) is 10.1 Å². The fraction of sp³-hybridized carbons (Fsp3) is 0.200. The van der Waals surface area contributed by atoms with Crippen molar-refractivity contribution in [3.8, 4) is 11.5 Å². The van der Waals surface area contributed by atoms with Gasteiger partial charge in [0.2, 0.25) is 0 Å². The van der Waals surface area contributed by atoms with E-state index in [1.807, 2.05) is 0 Å². The van der Waals surface area contributed by atoms with Gasteiger partial charge in [0, 0.05) is 29.3 Å². The maximum atomic E-state index is 11.0. The zero-order valence-corrected chi connectivity index (χ0v) is 13.3. The highest BCUT2D eigenvalue weighted by Gasteiger charge is 2.21. The Hall–Kier alpha value is -2.02. The molecule has 0 bridgehead atoms. The lowest BCUT2D eigenvalue weighted by atomic mass is 10.1. The third-order valence-corrected chi connectivity index (χ3v) is 4.01. The lowest BCUT2D eigenvalue weighted by Crippen LogP contribution is -2.14. The van der Waals surface area contributed by atoms with Gasteiger partial charge in [-0.05, 0) is 12.1 Å². The molecular weight excluding hydrogens is 345 g/mol. The van der Waals surface area contributed by atoms with E-state index in [4.69, 9.17) is 37.4 Å². The SMILES string of the molecule is O=[N+]([O-])c1cc2c(c(COc3ccc(Cl)c(Cl)c3)c1)OCOC2. The fourth-order valence-corrected chi connectivity index (χ4v) is 2.51. The minimum absolute atomic E-state index is 0.0365. The van der Waals surface area contributed by atoms with E-state index in [9.17, 15) is 10.1 Å². The van der Waals surface area contributed by atoms with Gasteiger partial charge in [-0.1, -0.05) is 23.2 Å². The quantitative estimate of drug-likeness (QED) is 0.602. The summed E-state index contributed by atoms with van der Waals surface area (Å²) in [7, 11) is 0. The zero-order valence-electron chi connectivity index (χ0n) is 11.8. The average Bonchev–Trinajstić information content (AvgIpc) is 2.55. The first-order valence-corrected chi connectivity index (χ1v) is 7.39. The molecule has 0 aliphatic carbocycles. The smallest absolute Gasteiger partial charge is 0.270 e. The molecule has 1 aliphatic rings. The summed E-state index contributed by atoms with van der Waals surface area (Å²) >= 11 is 11.8. The van der Waals surface area contributed by atoms with Gasteiger partial charge in [-0.25, -0.2) is 0 Å². The molecule has 1 aliphatic heterocycles. The third-order valence-electron chi connectivity index (χ3n) is 3.27. The van der Waals surface area contributed by atoms with Gasteiger partial charge < -0.3 is 14.2 Å². The number of nitro groups is 1. The number of non-ortho nitro benzene ring substituents is 1. The average molecular weight is 356 g/mol. The number of ether oxygens (including phenoxy) is 3. The van der Waals surface area contributed by atoms with Crippen LogP contribution < -0.4 is 9.47 Å². The zero-order chi connectivity index (χ0) is 16.4. The van der Waals surface area contributed by atoms with Crippen LogP contribution in [0, 0.1) is 10.1 Å². The third kappa shape index (κ3) is 3.50. The summed E-state index contributed by atoms with van der Waals surface area (Å²) in [5.41, 5.74) is 1.16. The van der Waals surface area contributed by atoms with Crippen LogP contribution >= 0.6 is 23.2 Å². The highest BCUT2D eigenvalue weighted by atomic mass is 35.5. The summed E-state index contributed by atoms with van der Waals surface area (Å²) in [6.45, 7) is 0.462. The second kappa shape index (κ2) is 6.62. The van der Waals surface area contributed by atoms with Crippen LogP contribution in [-0.4, -0.2) is 11.7 Å². The molecule has 0 spiro atoms. The van der Waals surface area contributed by atoms with Crippen molar-refractivity contribution in [2.75, 3.05) is 6.79 Å². The standard InChI is InChI=1S/C15H11Cl2NO5/c16-13-2-1-12(5-14(13)17)22-7-10-4-11(18(19)20)3-9-6-21-8-23-15(9)10/h1-5H,6-8H2. The van der Waals surface area contributed by atoms with Gasteiger partial charge >= 0.3 is 0 Å². The summed E-state index contributed by atoms with van der Waals surface area (Å²) in [5, 5.41) is 11.8. The number of nitrogens with zero attached hydrogens (tertiary/aromatic N) is 1. The minimum atomic E-state index is -0.461. The number of rotatable bonds is 4. The Balaban J connectivity index is 1.87. The van der Waals surface area contributed by atoms with Crippen molar-refractivity contribution in [3.63, 3.8) is 0 Å². The molecule has 2 aromatic rings. The summed E-state index contributed by atoms with van der Waals surface area (Å²) in [6.07, 6.45) is 0. The second-order valence-corrected chi connectivity index (χ2v) is 5.64. The lowest BCUT2D eigenvalue weighted by Gasteiger charge is -2.20.